The molecular formula is C15H22N4O. The van der Waals surface area contributed by atoms with Gasteiger partial charge in [0.15, 0.2) is 0 Å². The molecule has 1 N–H and O–H groups in total. The Kier molecular flexibility index (Phi) is 4.39. The van der Waals surface area contributed by atoms with Gasteiger partial charge in [0.05, 0.1) is 6.04 Å². The lowest BCUT2D eigenvalue weighted by Crippen LogP contribution is -2.17. The lowest BCUT2D eigenvalue weighted by Gasteiger charge is -2.15. The first-order valence-electron chi connectivity index (χ1n) is 6.90. The standard InChI is InChI=1S/C15H22N4O/c1-6-16-12(4)14-17-18-15(20-14)19(5)13-8-10(2)7-11(3)9-13/h7-9,12,16H,6H2,1-5H3. The van der Waals surface area contributed by atoms with Crippen molar-refractivity contribution in [2.75, 3.05) is 18.5 Å². The predicted octanol–water partition coefficient (Wildman–Crippen LogP) is 3.12. The van der Waals surface area contributed by atoms with E-state index < -0.39 is 0 Å². The van der Waals surface area contributed by atoms with Gasteiger partial charge >= 0.3 is 6.01 Å². The molecule has 0 aliphatic rings. The first-order valence-corrected chi connectivity index (χ1v) is 6.90. The van der Waals surface area contributed by atoms with Crippen molar-refractivity contribution in [3.05, 3.63) is 35.2 Å². The summed E-state index contributed by atoms with van der Waals surface area (Å²) < 4.78 is 5.74. The number of rotatable bonds is 5. The molecule has 1 heterocycles. The van der Waals surface area contributed by atoms with E-state index in [1.807, 2.05) is 18.9 Å². The largest absolute Gasteiger partial charge is 0.406 e. The summed E-state index contributed by atoms with van der Waals surface area (Å²) in [5.74, 6) is 0.609. The molecule has 1 aromatic heterocycles. The van der Waals surface area contributed by atoms with Crippen LogP contribution in [0.15, 0.2) is 22.6 Å². The molecule has 0 aliphatic carbocycles. The number of hydrogen-bond donors (Lipinski definition) is 1. The van der Waals surface area contributed by atoms with Crippen molar-refractivity contribution in [2.45, 2.75) is 33.7 Å². The Morgan fingerprint density at radius 2 is 1.85 bits per heavy atom. The van der Waals surface area contributed by atoms with E-state index in [2.05, 4.69) is 54.5 Å². The SMILES string of the molecule is CCNC(C)c1nnc(N(C)c2cc(C)cc(C)c2)o1. The Bertz CT molecular complexity index is 559. The molecule has 0 saturated carbocycles. The van der Waals surface area contributed by atoms with Crippen molar-refractivity contribution in [1.29, 1.82) is 0 Å². The van der Waals surface area contributed by atoms with Gasteiger partial charge < -0.3 is 9.73 Å². The molecule has 0 bridgehead atoms. The number of nitrogens with one attached hydrogen (secondary N) is 1. The fourth-order valence-electron chi connectivity index (χ4n) is 2.19. The molecule has 108 valence electrons. The van der Waals surface area contributed by atoms with Gasteiger partial charge in [-0.1, -0.05) is 18.1 Å². The van der Waals surface area contributed by atoms with Gasteiger partial charge in [0.1, 0.15) is 0 Å². The summed E-state index contributed by atoms with van der Waals surface area (Å²) in [6, 6.07) is 6.92. The van der Waals surface area contributed by atoms with Crippen molar-refractivity contribution < 1.29 is 4.42 Å². The number of nitrogens with zero attached hydrogens (tertiary/aromatic N) is 3. The summed E-state index contributed by atoms with van der Waals surface area (Å²) >= 11 is 0. The zero-order chi connectivity index (χ0) is 14.7. The summed E-state index contributed by atoms with van der Waals surface area (Å²) in [6.45, 7) is 9.09. The summed E-state index contributed by atoms with van der Waals surface area (Å²) in [5.41, 5.74) is 3.48. The van der Waals surface area contributed by atoms with Gasteiger partial charge in [-0.2, -0.15) is 0 Å². The van der Waals surface area contributed by atoms with E-state index >= 15 is 0 Å². The predicted molar refractivity (Wildman–Crippen MR) is 80.4 cm³/mol. The van der Waals surface area contributed by atoms with Crippen LogP contribution in [-0.4, -0.2) is 23.8 Å². The van der Waals surface area contributed by atoms with E-state index in [0.717, 1.165) is 12.2 Å². The lowest BCUT2D eigenvalue weighted by molar-refractivity contribution is 0.425. The number of aryl methyl sites for hydroxylation is 2. The molecule has 0 fully saturated rings. The van der Waals surface area contributed by atoms with Crippen molar-refractivity contribution in [3.63, 3.8) is 0 Å². The van der Waals surface area contributed by atoms with Crippen LogP contribution in [0.5, 0.6) is 0 Å². The average molecular weight is 274 g/mol. The second-order valence-electron chi connectivity index (χ2n) is 5.11. The highest BCUT2D eigenvalue weighted by atomic mass is 16.4. The van der Waals surface area contributed by atoms with Crippen LogP contribution in [0.25, 0.3) is 0 Å². The minimum atomic E-state index is 0.0638. The number of aromatic nitrogens is 2. The van der Waals surface area contributed by atoms with Crippen LogP contribution in [0, 0.1) is 13.8 Å². The molecule has 0 saturated heterocycles. The number of benzene rings is 1. The molecule has 1 aromatic carbocycles. The molecule has 0 aliphatic heterocycles. The Hall–Kier alpha value is -1.88. The van der Waals surface area contributed by atoms with Crippen LogP contribution >= 0.6 is 0 Å². The quantitative estimate of drug-likeness (QED) is 0.907. The summed E-state index contributed by atoms with van der Waals surface area (Å²) in [6.07, 6.45) is 0. The third kappa shape index (κ3) is 3.17. The maximum Gasteiger partial charge on any atom is 0.322 e. The minimum absolute atomic E-state index is 0.0638. The molecule has 2 aromatic rings. The van der Waals surface area contributed by atoms with Gasteiger partial charge in [-0.15, -0.1) is 5.10 Å². The zero-order valence-electron chi connectivity index (χ0n) is 12.8. The number of hydrogen-bond acceptors (Lipinski definition) is 5. The van der Waals surface area contributed by atoms with E-state index in [1.165, 1.54) is 11.1 Å². The van der Waals surface area contributed by atoms with Crippen LogP contribution in [0.1, 0.15) is 36.9 Å². The van der Waals surface area contributed by atoms with Gasteiger partial charge in [0, 0.05) is 12.7 Å². The smallest absolute Gasteiger partial charge is 0.322 e. The van der Waals surface area contributed by atoms with Crippen molar-refractivity contribution in [1.82, 2.24) is 15.5 Å². The van der Waals surface area contributed by atoms with Crippen molar-refractivity contribution in [3.8, 4) is 0 Å². The molecule has 2 rings (SSSR count). The van der Waals surface area contributed by atoms with E-state index in [-0.39, 0.29) is 6.04 Å². The maximum absolute atomic E-state index is 5.74. The highest BCUT2D eigenvalue weighted by Crippen LogP contribution is 2.25. The fraction of sp³-hybridized carbons (Fsp3) is 0.467. The van der Waals surface area contributed by atoms with Crippen LogP contribution in [-0.2, 0) is 0 Å². The van der Waals surface area contributed by atoms with E-state index in [9.17, 15) is 0 Å². The van der Waals surface area contributed by atoms with Crippen molar-refractivity contribution in [2.24, 2.45) is 0 Å². The van der Waals surface area contributed by atoms with Gasteiger partial charge in [-0.3, -0.25) is 4.90 Å². The van der Waals surface area contributed by atoms with Gasteiger partial charge in [-0.25, -0.2) is 0 Å². The maximum atomic E-state index is 5.74. The lowest BCUT2D eigenvalue weighted by atomic mass is 10.1. The monoisotopic (exact) mass is 274 g/mol. The molecule has 5 heteroatoms. The van der Waals surface area contributed by atoms with E-state index in [4.69, 9.17) is 4.42 Å². The molecule has 1 atom stereocenters. The van der Waals surface area contributed by atoms with Gasteiger partial charge in [-0.05, 0) is 50.6 Å². The van der Waals surface area contributed by atoms with E-state index in [1.54, 1.807) is 0 Å². The molecule has 5 nitrogen and oxygen atoms in total. The molecule has 0 spiro atoms. The first-order chi connectivity index (χ1) is 9.51. The second-order valence-corrected chi connectivity index (χ2v) is 5.11. The highest BCUT2D eigenvalue weighted by Gasteiger charge is 2.16. The van der Waals surface area contributed by atoms with Gasteiger partial charge in [0.2, 0.25) is 5.89 Å². The zero-order valence-corrected chi connectivity index (χ0v) is 12.8. The number of anilines is 2. The molecule has 0 radical (unpaired) electrons. The third-order valence-electron chi connectivity index (χ3n) is 3.19. The Labute approximate surface area is 120 Å². The fourth-order valence-corrected chi connectivity index (χ4v) is 2.19. The van der Waals surface area contributed by atoms with Crippen LogP contribution < -0.4 is 10.2 Å². The summed E-state index contributed by atoms with van der Waals surface area (Å²) in [7, 11) is 1.93. The van der Waals surface area contributed by atoms with E-state index in [0.29, 0.717) is 11.9 Å². The topological polar surface area (TPSA) is 54.2 Å². The Morgan fingerprint density at radius 1 is 1.20 bits per heavy atom. The van der Waals surface area contributed by atoms with Crippen LogP contribution in [0.2, 0.25) is 0 Å². The van der Waals surface area contributed by atoms with Crippen molar-refractivity contribution >= 4 is 11.7 Å². The normalized spacial score (nSPS) is 12.4. The average Bonchev–Trinajstić information content (AvgIpc) is 2.86. The molecule has 0 amide bonds. The third-order valence-corrected chi connectivity index (χ3v) is 3.19. The molecular weight excluding hydrogens is 252 g/mol. The second kappa shape index (κ2) is 6.05. The Morgan fingerprint density at radius 3 is 2.45 bits per heavy atom. The van der Waals surface area contributed by atoms with Crippen LogP contribution in [0.3, 0.4) is 0 Å². The minimum Gasteiger partial charge on any atom is -0.406 e. The Balaban J connectivity index is 2.22. The summed E-state index contributed by atoms with van der Waals surface area (Å²) in [5, 5.41) is 11.5. The summed E-state index contributed by atoms with van der Waals surface area (Å²) in [4.78, 5) is 1.91. The first kappa shape index (κ1) is 14.5. The van der Waals surface area contributed by atoms with Crippen LogP contribution in [0.4, 0.5) is 11.7 Å². The molecule has 1 unspecified atom stereocenters. The molecule has 20 heavy (non-hydrogen) atoms. The highest BCUT2D eigenvalue weighted by molar-refractivity contribution is 5.57. The van der Waals surface area contributed by atoms with Gasteiger partial charge in [0.25, 0.3) is 0 Å².